The minimum atomic E-state index is -0.0639. The molecule has 0 fully saturated rings. The summed E-state index contributed by atoms with van der Waals surface area (Å²) in [5, 5.41) is 11.6. The predicted molar refractivity (Wildman–Crippen MR) is 41.8 cm³/mol. The summed E-state index contributed by atoms with van der Waals surface area (Å²) >= 11 is 0. The highest BCUT2D eigenvalue weighted by Crippen LogP contribution is 2.13. The van der Waals surface area contributed by atoms with Crippen LogP contribution in [0.2, 0.25) is 0 Å². The molecule has 3 nitrogen and oxygen atoms in total. The van der Waals surface area contributed by atoms with Gasteiger partial charge >= 0.3 is 0 Å². The van der Waals surface area contributed by atoms with Gasteiger partial charge in [-0.25, -0.2) is 0 Å². The Morgan fingerprint density at radius 1 is 1.55 bits per heavy atom. The Hall–Kier alpha value is -1.25. The molecule has 0 heterocycles. The normalized spacial score (nSPS) is 16.8. The van der Waals surface area contributed by atoms with Crippen molar-refractivity contribution in [2.75, 3.05) is 0 Å². The minimum Gasteiger partial charge on any atom is -0.512 e. The summed E-state index contributed by atoms with van der Waals surface area (Å²) in [4.78, 5) is 10.6. The third kappa shape index (κ3) is 2.45. The van der Waals surface area contributed by atoms with Crippen molar-refractivity contribution < 1.29 is 9.90 Å². The Balaban J connectivity index is 2.54. The predicted octanol–water partition coefficient (Wildman–Crippen LogP) is 1.24. The fraction of sp³-hybridized carbons (Fsp3) is 0.375. The van der Waals surface area contributed by atoms with Crippen LogP contribution in [0.25, 0.3) is 0 Å². The molecule has 0 aromatic carbocycles. The molecule has 11 heavy (non-hydrogen) atoms. The number of aliphatic hydroxyl groups is 1. The van der Waals surface area contributed by atoms with Crippen LogP contribution in [-0.4, -0.2) is 11.0 Å². The SMILES string of the molecule is CC(=O)NC1=CC=C(O)CC1. The van der Waals surface area contributed by atoms with E-state index in [2.05, 4.69) is 5.32 Å². The van der Waals surface area contributed by atoms with Gasteiger partial charge in [-0.15, -0.1) is 0 Å². The smallest absolute Gasteiger partial charge is 0.220 e. The number of carbonyl (C=O) groups is 1. The highest BCUT2D eigenvalue weighted by atomic mass is 16.3. The molecule has 0 spiro atoms. The monoisotopic (exact) mass is 153 g/mol. The highest BCUT2D eigenvalue weighted by molar-refractivity contribution is 5.75. The molecule has 60 valence electrons. The number of hydrogen-bond donors (Lipinski definition) is 2. The quantitative estimate of drug-likeness (QED) is 0.595. The summed E-state index contributed by atoms with van der Waals surface area (Å²) in [7, 11) is 0. The van der Waals surface area contributed by atoms with Gasteiger partial charge in [0, 0.05) is 19.0 Å². The maximum Gasteiger partial charge on any atom is 0.220 e. The molecule has 1 rings (SSSR count). The zero-order valence-electron chi connectivity index (χ0n) is 6.42. The van der Waals surface area contributed by atoms with Gasteiger partial charge in [-0.2, -0.15) is 0 Å². The number of carbonyl (C=O) groups excluding carboxylic acids is 1. The molecule has 0 radical (unpaired) electrons. The molecular formula is C8H11NO2. The first kappa shape index (κ1) is 7.85. The lowest BCUT2D eigenvalue weighted by Crippen LogP contribution is -2.20. The average Bonchev–Trinajstić information content (AvgIpc) is 1.93. The van der Waals surface area contributed by atoms with Gasteiger partial charge in [0.2, 0.25) is 5.91 Å². The van der Waals surface area contributed by atoms with E-state index < -0.39 is 0 Å². The molecule has 0 aliphatic heterocycles. The summed E-state index contributed by atoms with van der Waals surface area (Å²) in [5.41, 5.74) is 0.871. The Bertz CT molecular complexity index is 228. The van der Waals surface area contributed by atoms with E-state index in [1.54, 1.807) is 12.2 Å². The van der Waals surface area contributed by atoms with Gasteiger partial charge in [0.25, 0.3) is 0 Å². The van der Waals surface area contributed by atoms with Crippen LogP contribution >= 0.6 is 0 Å². The molecule has 1 aliphatic rings. The first-order valence-corrected chi connectivity index (χ1v) is 3.55. The van der Waals surface area contributed by atoms with Crippen molar-refractivity contribution in [2.45, 2.75) is 19.8 Å². The molecule has 1 aliphatic carbocycles. The molecule has 0 unspecified atom stereocenters. The van der Waals surface area contributed by atoms with Gasteiger partial charge in [-0.1, -0.05) is 0 Å². The van der Waals surface area contributed by atoms with E-state index in [-0.39, 0.29) is 5.91 Å². The number of aliphatic hydroxyl groups excluding tert-OH is 1. The standard InChI is InChI=1S/C8H11NO2/c1-6(10)9-7-2-4-8(11)5-3-7/h2,4,11H,3,5H2,1H3,(H,9,10). The van der Waals surface area contributed by atoms with Crippen LogP contribution in [0.4, 0.5) is 0 Å². The van der Waals surface area contributed by atoms with Crippen molar-refractivity contribution in [1.29, 1.82) is 0 Å². The van der Waals surface area contributed by atoms with Crippen molar-refractivity contribution >= 4 is 5.91 Å². The fourth-order valence-electron chi connectivity index (χ4n) is 0.956. The fourth-order valence-corrected chi connectivity index (χ4v) is 0.956. The molecule has 1 amide bonds. The molecule has 0 saturated carbocycles. The average molecular weight is 153 g/mol. The second-order valence-electron chi connectivity index (χ2n) is 2.53. The second-order valence-corrected chi connectivity index (χ2v) is 2.53. The van der Waals surface area contributed by atoms with E-state index in [1.807, 2.05) is 0 Å². The molecule has 0 bridgehead atoms. The number of hydrogen-bond acceptors (Lipinski definition) is 2. The Kier molecular flexibility index (Phi) is 2.31. The van der Waals surface area contributed by atoms with Crippen LogP contribution in [0.3, 0.4) is 0 Å². The molecule has 2 N–H and O–H groups in total. The Morgan fingerprint density at radius 2 is 2.27 bits per heavy atom. The zero-order chi connectivity index (χ0) is 8.27. The highest BCUT2D eigenvalue weighted by Gasteiger charge is 2.04. The molecule has 0 aromatic rings. The summed E-state index contributed by atoms with van der Waals surface area (Å²) in [6.45, 7) is 1.47. The van der Waals surface area contributed by atoms with E-state index >= 15 is 0 Å². The Morgan fingerprint density at radius 3 is 2.73 bits per heavy atom. The lowest BCUT2D eigenvalue weighted by Gasteiger charge is -2.10. The second kappa shape index (κ2) is 3.23. The number of amides is 1. The van der Waals surface area contributed by atoms with Crippen molar-refractivity contribution in [3.8, 4) is 0 Å². The van der Waals surface area contributed by atoms with Crippen LogP contribution in [0, 0.1) is 0 Å². The van der Waals surface area contributed by atoms with Crippen molar-refractivity contribution in [3.63, 3.8) is 0 Å². The first-order chi connectivity index (χ1) is 5.18. The summed E-state index contributed by atoms with van der Waals surface area (Å²) in [6, 6.07) is 0. The topological polar surface area (TPSA) is 49.3 Å². The zero-order valence-corrected chi connectivity index (χ0v) is 6.42. The molecule has 0 atom stereocenters. The van der Waals surface area contributed by atoms with Gasteiger partial charge in [-0.3, -0.25) is 4.79 Å². The molecular weight excluding hydrogens is 142 g/mol. The van der Waals surface area contributed by atoms with E-state index in [1.165, 1.54) is 6.92 Å². The maximum absolute atomic E-state index is 10.6. The van der Waals surface area contributed by atoms with Gasteiger partial charge in [0.05, 0.1) is 5.76 Å². The summed E-state index contributed by atoms with van der Waals surface area (Å²) < 4.78 is 0. The van der Waals surface area contributed by atoms with Crippen LogP contribution < -0.4 is 5.32 Å². The molecule has 3 heteroatoms. The summed E-state index contributed by atoms with van der Waals surface area (Å²) in [6.07, 6.45) is 4.66. The van der Waals surface area contributed by atoms with Crippen LogP contribution in [0.5, 0.6) is 0 Å². The van der Waals surface area contributed by atoms with Gasteiger partial charge in [0.15, 0.2) is 0 Å². The van der Waals surface area contributed by atoms with Crippen molar-refractivity contribution in [1.82, 2.24) is 5.32 Å². The molecule has 0 saturated heterocycles. The number of nitrogens with one attached hydrogen (secondary N) is 1. The van der Waals surface area contributed by atoms with E-state index in [9.17, 15) is 4.79 Å². The van der Waals surface area contributed by atoms with Crippen LogP contribution in [0.15, 0.2) is 23.6 Å². The Labute approximate surface area is 65.4 Å². The third-order valence-corrected chi connectivity index (χ3v) is 1.46. The number of allylic oxidation sites excluding steroid dienone is 4. The molecule has 0 aromatic heterocycles. The van der Waals surface area contributed by atoms with Crippen LogP contribution in [-0.2, 0) is 4.79 Å². The summed E-state index contributed by atoms with van der Waals surface area (Å²) in [5.74, 6) is 0.310. The van der Waals surface area contributed by atoms with Crippen molar-refractivity contribution in [3.05, 3.63) is 23.6 Å². The third-order valence-electron chi connectivity index (χ3n) is 1.46. The largest absolute Gasteiger partial charge is 0.512 e. The van der Waals surface area contributed by atoms with E-state index in [0.717, 1.165) is 5.70 Å². The van der Waals surface area contributed by atoms with Gasteiger partial charge < -0.3 is 10.4 Å². The first-order valence-electron chi connectivity index (χ1n) is 3.55. The maximum atomic E-state index is 10.6. The minimum absolute atomic E-state index is 0.0639. The van der Waals surface area contributed by atoms with E-state index in [0.29, 0.717) is 18.6 Å². The van der Waals surface area contributed by atoms with Gasteiger partial charge in [-0.05, 0) is 18.6 Å². The number of rotatable bonds is 1. The van der Waals surface area contributed by atoms with Gasteiger partial charge in [0.1, 0.15) is 0 Å². The van der Waals surface area contributed by atoms with Crippen molar-refractivity contribution in [2.24, 2.45) is 0 Å². The lowest BCUT2D eigenvalue weighted by molar-refractivity contribution is -0.118. The van der Waals surface area contributed by atoms with Crippen LogP contribution in [0.1, 0.15) is 19.8 Å². The lowest BCUT2D eigenvalue weighted by atomic mass is 10.1. The van der Waals surface area contributed by atoms with E-state index in [4.69, 9.17) is 5.11 Å².